The molecule has 2 aromatic rings. The van der Waals surface area contributed by atoms with Gasteiger partial charge in [0.05, 0.1) is 20.3 Å². The van der Waals surface area contributed by atoms with Gasteiger partial charge in [-0.25, -0.2) is 0 Å². The first-order valence-electron chi connectivity index (χ1n) is 8.93. The zero-order chi connectivity index (χ0) is 18.5. The number of aliphatic imine (C=N–C) groups is 1. The van der Waals surface area contributed by atoms with E-state index < -0.39 is 0 Å². The van der Waals surface area contributed by atoms with Gasteiger partial charge < -0.3 is 20.1 Å². The average molecular weight is 481 g/mol. The van der Waals surface area contributed by atoms with Crippen LogP contribution in [-0.4, -0.2) is 33.3 Å². The molecule has 0 bridgehead atoms. The lowest BCUT2D eigenvalue weighted by Crippen LogP contribution is -2.40. The Morgan fingerprint density at radius 2 is 1.85 bits per heavy atom. The van der Waals surface area contributed by atoms with E-state index in [4.69, 9.17) is 9.47 Å². The van der Waals surface area contributed by atoms with Gasteiger partial charge in [-0.15, -0.1) is 24.0 Å². The molecule has 0 amide bonds. The van der Waals surface area contributed by atoms with E-state index in [9.17, 15) is 0 Å². The third-order valence-electron chi connectivity index (χ3n) is 4.82. The number of hydrogen-bond donors (Lipinski definition) is 2. The highest BCUT2D eigenvalue weighted by Gasteiger charge is 2.39. The van der Waals surface area contributed by atoms with Crippen LogP contribution in [0.4, 0.5) is 0 Å². The molecule has 3 atom stereocenters. The van der Waals surface area contributed by atoms with E-state index in [0.717, 1.165) is 29.4 Å². The molecule has 3 rings (SSSR count). The number of rotatable bonds is 6. The second kappa shape index (κ2) is 9.82. The molecule has 1 saturated carbocycles. The molecule has 0 radical (unpaired) electrons. The molecule has 1 aliphatic rings. The van der Waals surface area contributed by atoms with E-state index in [1.165, 1.54) is 5.56 Å². The smallest absolute Gasteiger partial charge is 0.191 e. The number of halogens is 1. The number of methoxy groups -OCH3 is 2. The van der Waals surface area contributed by atoms with E-state index in [1.54, 1.807) is 21.3 Å². The van der Waals surface area contributed by atoms with Crippen molar-refractivity contribution in [1.29, 1.82) is 0 Å². The quantitative estimate of drug-likeness (QED) is 0.371. The Balaban J connectivity index is 0.00000261. The normalized spacial score (nSPS) is 19.5. The summed E-state index contributed by atoms with van der Waals surface area (Å²) in [6, 6.07) is 16.9. The fraction of sp³-hybridized carbons (Fsp3) is 0.381. The van der Waals surface area contributed by atoms with E-state index in [0.29, 0.717) is 12.0 Å². The third kappa shape index (κ3) is 5.28. The van der Waals surface area contributed by atoms with E-state index in [2.05, 4.69) is 52.9 Å². The van der Waals surface area contributed by atoms with E-state index in [-0.39, 0.29) is 30.0 Å². The summed E-state index contributed by atoms with van der Waals surface area (Å²) in [6.07, 6.45) is 1.13. The predicted molar refractivity (Wildman–Crippen MR) is 121 cm³/mol. The van der Waals surface area contributed by atoms with Gasteiger partial charge in [-0.2, -0.15) is 0 Å². The van der Waals surface area contributed by atoms with Gasteiger partial charge >= 0.3 is 0 Å². The Morgan fingerprint density at radius 3 is 2.48 bits per heavy atom. The first-order chi connectivity index (χ1) is 12.7. The number of hydrogen-bond acceptors (Lipinski definition) is 3. The summed E-state index contributed by atoms with van der Waals surface area (Å²) < 4.78 is 10.8. The molecule has 0 aliphatic heterocycles. The molecule has 1 fully saturated rings. The Labute approximate surface area is 178 Å². The fourth-order valence-electron chi connectivity index (χ4n) is 3.23. The fourth-order valence-corrected chi connectivity index (χ4v) is 3.23. The lowest BCUT2D eigenvalue weighted by atomic mass is 10.1. The molecule has 6 heteroatoms. The molecule has 0 saturated heterocycles. The zero-order valence-electron chi connectivity index (χ0n) is 16.2. The van der Waals surface area contributed by atoms with E-state index in [1.807, 2.05) is 18.2 Å². The number of nitrogens with zero attached hydrogens (tertiary/aromatic N) is 1. The van der Waals surface area contributed by atoms with Crippen LogP contribution in [0.25, 0.3) is 0 Å². The molecule has 2 aromatic carbocycles. The minimum atomic E-state index is 0. The van der Waals surface area contributed by atoms with Gasteiger partial charge in [-0.3, -0.25) is 4.99 Å². The standard InChI is InChI=1S/C21H27N3O2.HI/c1-14(17-12-16(25-3)10-11-20(17)26-4)23-21(22-2)24-19-13-18(19)15-8-6-5-7-9-15;/h5-12,14,18-19H,13H2,1-4H3,(H2,22,23,24);1H. The summed E-state index contributed by atoms with van der Waals surface area (Å²) in [5.74, 6) is 2.99. The maximum absolute atomic E-state index is 5.49. The Morgan fingerprint density at radius 1 is 1.11 bits per heavy atom. The van der Waals surface area contributed by atoms with Gasteiger partial charge in [0.2, 0.25) is 0 Å². The molecule has 0 aromatic heterocycles. The summed E-state index contributed by atoms with van der Waals surface area (Å²) in [5, 5.41) is 6.98. The van der Waals surface area contributed by atoms with E-state index >= 15 is 0 Å². The molecule has 3 unspecified atom stereocenters. The predicted octanol–water partition coefficient (Wildman–Crippen LogP) is 4.10. The van der Waals surface area contributed by atoms with Crippen molar-refractivity contribution in [3.63, 3.8) is 0 Å². The minimum Gasteiger partial charge on any atom is -0.497 e. The molecule has 1 aliphatic carbocycles. The van der Waals surface area contributed by atoms with Crippen molar-refractivity contribution in [2.24, 2.45) is 4.99 Å². The molecule has 27 heavy (non-hydrogen) atoms. The molecule has 5 nitrogen and oxygen atoms in total. The van der Waals surface area contributed by atoms with Crippen LogP contribution in [0, 0.1) is 0 Å². The lowest BCUT2D eigenvalue weighted by molar-refractivity contribution is 0.394. The van der Waals surface area contributed by atoms with Crippen molar-refractivity contribution in [2.75, 3.05) is 21.3 Å². The molecule has 2 N–H and O–H groups in total. The largest absolute Gasteiger partial charge is 0.497 e. The number of benzene rings is 2. The van der Waals surface area contributed by atoms with Gasteiger partial charge in [-0.1, -0.05) is 30.3 Å². The van der Waals surface area contributed by atoms with Gasteiger partial charge in [0, 0.05) is 24.6 Å². The van der Waals surface area contributed by atoms with Crippen LogP contribution in [0.5, 0.6) is 11.5 Å². The van der Waals surface area contributed by atoms with Gasteiger partial charge in [0.25, 0.3) is 0 Å². The first kappa shape index (κ1) is 21.3. The van der Waals surface area contributed by atoms with Crippen molar-refractivity contribution >= 4 is 29.9 Å². The van der Waals surface area contributed by atoms with Crippen molar-refractivity contribution in [3.8, 4) is 11.5 Å². The van der Waals surface area contributed by atoms with Gasteiger partial charge in [0.15, 0.2) is 5.96 Å². The van der Waals surface area contributed by atoms with Crippen molar-refractivity contribution < 1.29 is 9.47 Å². The second-order valence-electron chi connectivity index (χ2n) is 6.55. The zero-order valence-corrected chi connectivity index (χ0v) is 18.6. The maximum Gasteiger partial charge on any atom is 0.191 e. The monoisotopic (exact) mass is 481 g/mol. The highest BCUT2D eigenvalue weighted by atomic mass is 127. The molecule has 0 spiro atoms. The van der Waals surface area contributed by atoms with Crippen LogP contribution in [0.15, 0.2) is 53.5 Å². The summed E-state index contributed by atoms with van der Waals surface area (Å²) in [6.45, 7) is 2.09. The number of nitrogens with one attached hydrogen (secondary N) is 2. The van der Waals surface area contributed by atoms with Crippen molar-refractivity contribution in [1.82, 2.24) is 10.6 Å². The minimum absolute atomic E-state index is 0. The third-order valence-corrected chi connectivity index (χ3v) is 4.82. The highest BCUT2D eigenvalue weighted by molar-refractivity contribution is 14.0. The second-order valence-corrected chi connectivity index (χ2v) is 6.55. The Kier molecular flexibility index (Phi) is 7.77. The topological polar surface area (TPSA) is 54.9 Å². The lowest BCUT2D eigenvalue weighted by Gasteiger charge is -2.21. The summed E-state index contributed by atoms with van der Waals surface area (Å²) in [5.41, 5.74) is 2.41. The molecule has 146 valence electrons. The summed E-state index contributed by atoms with van der Waals surface area (Å²) in [7, 11) is 5.14. The van der Waals surface area contributed by atoms with Gasteiger partial charge in [0.1, 0.15) is 11.5 Å². The van der Waals surface area contributed by atoms with Crippen LogP contribution < -0.4 is 20.1 Å². The Hall–Kier alpha value is -1.96. The SMILES string of the molecule is CN=C(NC(C)c1cc(OC)ccc1OC)NC1CC1c1ccccc1.I. The molecular weight excluding hydrogens is 453 g/mol. The van der Waals surface area contributed by atoms with Gasteiger partial charge in [-0.05, 0) is 37.1 Å². The highest BCUT2D eigenvalue weighted by Crippen LogP contribution is 2.40. The van der Waals surface area contributed by atoms with Crippen LogP contribution in [-0.2, 0) is 0 Å². The molecule has 0 heterocycles. The van der Waals surface area contributed by atoms with Crippen molar-refractivity contribution in [2.45, 2.75) is 31.3 Å². The van der Waals surface area contributed by atoms with Crippen LogP contribution in [0.1, 0.15) is 36.4 Å². The Bertz CT molecular complexity index is 767. The number of guanidine groups is 1. The van der Waals surface area contributed by atoms with Crippen molar-refractivity contribution in [3.05, 3.63) is 59.7 Å². The maximum atomic E-state index is 5.49. The van der Waals surface area contributed by atoms with Crippen LogP contribution >= 0.6 is 24.0 Å². The summed E-state index contributed by atoms with van der Waals surface area (Å²) >= 11 is 0. The summed E-state index contributed by atoms with van der Waals surface area (Å²) in [4.78, 5) is 4.38. The van der Waals surface area contributed by atoms with Crippen LogP contribution in [0.3, 0.4) is 0 Å². The molecular formula is C21H28IN3O2. The average Bonchev–Trinajstić information content (AvgIpc) is 3.46. The number of ether oxygens (including phenoxy) is 2. The first-order valence-corrected chi connectivity index (χ1v) is 8.93. The van der Waals surface area contributed by atoms with Crippen LogP contribution in [0.2, 0.25) is 0 Å².